The Kier molecular flexibility index (Phi) is 6.57. The number of halogens is 1. The lowest BCUT2D eigenvalue weighted by Gasteiger charge is -2.14. The number of hydrogen-bond acceptors (Lipinski definition) is 3. The summed E-state index contributed by atoms with van der Waals surface area (Å²) in [5.74, 6) is -0.265. The van der Waals surface area contributed by atoms with Crippen LogP contribution in [-0.2, 0) is 4.84 Å². The number of carbonyl (C=O) groups excluding carboxylic acids is 1. The van der Waals surface area contributed by atoms with Gasteiger partial charge in [0.1, 0.15) is 0 Å². The maximum Gasteiger partial charge on any atom is 0.274 e. The third-order valence-corrected chi connectivity index (χ3v) is 5.76. The van der Waals surface area contributed by atoms with Gasteiger partial charge in [-0.3, -0.25) is 9.63 Å². The maximum atomic E-state index is 11.9. The van der Waals surface area contributed by atoms with E-state index in [1.165, 1.54) is 7.11 Å². The van der Waals surface area contributed by atoms with Gasteiger partial charge in [0.15, 0.2) is 0 Å². The monoisotopic (exact) mass is 409 g/mol. The average molecular weight is 410 g/mol. The van der Waals surface area contributed by atoms with Crippen LogP contribution < -0.4 is 5.48 Å². The molecule has 3 aromatic rings. The molecule has 0 aliphatic carbocycles. The summed E-state index contributed by atoms with van der Waals surface area (Å²) in [5.41, 5.74) is 6.94. The summed E-state index contributed by atoms with van der Waals surface area (Å²) in [6.45, 7) is 6.27. The van der Waals surface area contributed by atoms with Crippen molar-refractivity contribution in [2.75, 3.05) is 7.11 Å². The minimum atomic E-state index is -0.265. The zero-order valence-electron chi connectivity index (χ0n) is 15.7. The van der Waals surface area contributed by atoms with E-state index < -0.39 is 0 Å². The van der Waals surface area contributed by atoms with Crippen LogP contribution in [0.2, 0.25) is 5.02 Å². The summed E-state index contributed by atoms with van der Waals surface area (Å²) in [4.78, 5) is 18.8. The Morgan fingerprint density at radius 3 is 2.36 bits per heavy atom. The average Bonchev–Trinajstić information content (AvgIpc) is 2.70. The number of aryl methyl sites for hydroxylation is 1. The van der Waals surface area contributed by atoms with Gasteiger partial charge in [-0.2, -0.15) is 0 Å². The zero-order chi connectivity index (χ0) is 20.1. The van der Waals surface area contributed by atoms with Crippen LogP contribution in [0, 0.1) is 6.92 Å². The van der Waals surface area contributed by atoms with Crippen molar-refractivity contribution in [2.45, 2.75) is 16.7 Å². The van der Waals surface area contributed by atoms with Crippen molar-refractivity contribution in [1.29, 1.82) is 0 Å². The van der Waals surface area contributed by atoms with Gasteiger partial charge in [-0.1, -0.05) is 60.3 Å². The van der Waals surface area contributed by atoms with Gasteiger partial charge in [-0.05, 0) is 65.6 Å². The van der Waals surface area contributed by atoms with E-state index >= 15 is 0 Å². The molecule has 3 nitrogen and oxygen atoms in total. The molecule has 28 heavy (non-hydrogen) atoms. The van der Waals surface area contributed by atoms with E-state index in [0.717, 1.165) is 32.1 Å². The fourth-order valence-electron chi connectivity index (χ4n) is 2.79. The molecule has 0 bridgehead atoms. The molecule has 0 saturated heterocycles. The van der Waals surface area contributed by atoms with E-state index in [1.54, 1.807) is 17.8 Å². The molecule has 1 N–H and O–H groups in total. The minimum absolute atomic E-state index is 0.265. The summed E-state index contributed by atoms with van der Waals surface area (Å²) in [6, 6.07) is 21.4. The van der Waals surface area contributed by atoms with Crippen LogP contribution in [0.15, 0.2) is 83.1 Å². The van der Waals surface area contributed by atoms with Gasteiger partial charge in [-0.15, -0.1) is 0 Å². The lowest BCUT2D eigenvalue weighted by Crippen LogP contribution is -2.21. The predicted octanol–water partition coefficient (Wildman–Crippen LogP) is 6.15. The Morgan fingerprint density at radius 1 is 1.00 bits per heavy atom. The summed E-state index contributed by atoms with van der Waals surface area (Å²) in [7, 11) is 1.42. The third kappa shape index (κ3) is 4.65. The highest BCUT2D eigenvalue weighted by Crippen LogP contribution is 2.37. The highest BCUT2D eigenvalue weighted by molar-refractivity contribution is 7.99. The Hall–Kier alpha value is -2.53. The smallest absolute Gasteiger partial charge is 0.274 e. The molecule has 0 unspecified atom stereocenters. The van der Waals surface area contributed by atoms with E-state index in [0.29, 0.717) is 10.6 Å². The SMILES string of the molecule is C=C(c1ccc(Cl)cc1)c1ccccc1Sc1ccc(C(=O)NOC)cc1C. The van der Waals surface area contributed by atoms with Gasteiger partial charge in [0.25, 0.3) is 5.91 Å². The second-order valence-corrected chi connectivity index (χ2v) is 7.72. The van der Waals surface area contributed by atoms with Crippen molar-refractivity contribution < 1.29 is 9.63 Å². The second-order valence-electron chi connectivity index (χ2n) is 6.20. The van der Waals surface area contributed by atoms with Crippen LogP contribution in [0.4, 0.5) is 0 Å². The van der Waals surface area contributed by atoms with Crippen molar-refractivity contribution in [1.82, 2.24) is 5.48 Å². The fraction of sp³-hybridized carbons (Fsp3) is 0.0870. The molecule has 0 spiro atoms. The molecule has 0 saturated carbocycles. The van der Waals surface area contributed by atoms with Crippen molar-refractivity contribution in [2.24, 2.45) is 0 Å². The molecule has 0 aromatic heterocycles. The highest BCUT2D eigenvalue weighted by Gasteiger charge is 2.12. The van der Waals surface area contributed by atoms with Crippen molar-refractivity contribution in [3.63, 3.8) is 0 Å². The Morgan fingerprint density at radius 2 is 1.68 bits per heavy atom. The normalized spacial score (nSPS) is 10.5. The quantitative estimate of drug-likeness (QED) is 0.496. The molecule has 1 amide bonds. The van der Waals surface area contributed by atoms with Crippen LogP contribution in [0.25, 0.3) is 5.57 Å². The van der Waals surface area contributed by atoms with Gasteiger partial charge in [0.05, 0.1) is 7.11 Å². The molecule has 3 rings (SSSR count). The number of benzene rings is 3. The third-order valence-electron chi connectivity index (χ3n) is 4.26. The molecule has 142 valence electrons. The Labute approximate surface area is 174 Å². The van der Waals surface area contributed by atoms with E-state index in [1.807, 2.05) is 55.5 Å². The van der Waals surface area contributed by atoms with Gasteiger partial charge in [0.2, 0.25) is 0 Å². The molecule has 0 radical (unpaired) electrons. The standard InChI is InChI=1S/C23H20ClNO2S/c1-15-14-18(23(26)25-27-3)10-13-21(15)28-22-7-5-4-6-20(22)16(2)17-8-11-19(24)12-9-17/h4-14H,2H2,1,3H3,(H,25,26). The first-order chi connectivity index (χ1) is 13.5. The first-order valence-corrected chi connectivity index (χ1v) is 9.85. The molecular formula is C23H20ClNO2S. The second kappa shape index (κ2) is 9.11. The molecule has 0 fully saturated rings. The highest BCUT2D eigenvalue weighted by atomic mass is 35.5. The molecule has 0 aliphatic heterocycles. The molecule has 5 heteroatoms. The predicted molar refractivity (Wildman–Crippen MR) is 116 cm³/mol. The largest absolute Gasteiger partial charge is 0.277 e. The van der Waals surface area contributed by atoms with E-state index in [2.05, 4.69) is 24.2 Å². The van der Waals surface area contributed by atoms with Crippen LogP contribution in [-0.4, -0.2) is 13.0 Å². The lowest BCUT2D eigenvalue weighted by molar-refractivity contribution is 0.0537. The lowest BCUT2D eigenvalue weighted by atomic mass is 10.00. The number of rotatable bonds is 6. The van der Waals surface area contributed by atoms with Crippen LogP contribution >= 0.6 is 23.4 Å². The van der Waals surface area contributed by atoms with Crippen molar-refractivity contribution >= 4 is 34.8 Å². The summed E-state index contributed by atoms with van der Waals surface area (Å²) < 4.78 is 0. The topological polar surface area (TPSA) is 38.3 Å². The molecule has 0 aliphatic rings. The fourth-order valence-corrected chi connectivity index (χ4v) is 3.95. The van der Waals surface area contributed by atoms with Crippen molar-refractivity contribution in [3.05, 3.63) is 101 Å². The van der Waals surface area contributed by atoms with Gasteiger partial charge in [-0.25, -0.2) is 5.48 Å². The van der Waals surface area contributed by atoms with E-state index in [9.17, 15) is 4.79 Å². The number of amides is 1. The first kappa shape index (κ1) is 20.2. The van der Waals surface area contributed by atoms with Crippen LogP contribution in [0.1, 0.15) is 27.0 Å². The Balaban J connectivity index is 1.89. The zero-order valence-corrected chi connectivity index (χ0v) is 17.2. The number of hydroxylamine groups is 1. The van der Waals surface area contributed by atoms with Gasteiger partial charge < -0.3 is 0 Å². The first-order valence-electron chi connectivity index (χ1n) is 8.65. The molecule has 3 aromatic carbocycles. The summed E-state index contributed by atoms with van der Waals surface area (Å²) in [6.07, 6.45) is 0. The van der Waals surface area contributed by atoms with Gasteiger partial charge >= 0.3 is 0 Å². The van der Waals surface area contributed by atoms with E-state index in [4.69, 9.17) is 16.4 Å². The Bertz CT molecular complexity index is 1020. The maximum absolute atomic E-state index is 11.9. The molecule has 0 atom stereocenters. The number of hydrogen-bond donors (Lipinski definition) is 1. The summed E-state index contributed by atoms with van der Waals surface area (Å²) >= 11 is 7.65. The minimum Gasteiger partial charge on any atom is -0.277 e. The summed E-state index contributed by atoms with van der Waals surface area (Å²) in [5, 5.41) is 0.701. The molecular weight excluding hydrogens is 390 g/mol. The van der Waals surface area contributed by atoms with E-state index in [-0.39, 0.29) is 5.91 Å². The van der Waals surface area contributed by atoms with Crippen molar-refractivity contribution in [3.8, 4) is 0 Å². The molecule has 0 heterocycles. The van der Waals surface area contributed by atoms with Crippen LogP contribution in [0.3, 0.4) is 0 Å². The van der Waals surface area contributed by atoms with Crippen LogP contribution in [0.5, 0.6) is 0 Å². The van der Waals surface area contributed by atoms with Gasteiger partial charge in [0, 0.05) is 20.4 Å². The number of nitrogens with one attached hydrogen (secondary N) is 1. The number of carbonyl (C=O) groups is 1.